The second-order valence-electron chi connectivity index (χ2n) is 4.36. The third kappa shape index (κ3) is 2.79. The Bertz CT molecular complexity index is 420. The van der Waals surface area contributed by atoms with Crippen LogP contribution in [0.25, 0.3) is 0 Å². The number of carbonyl (C=O) groups excluding carboxylic acids is 1. The second-order valence-corrected chi connectivity index (χ2v) is 4.77. The molecular weight excluding hydrogens is 236 g/mol. The van der Waals surface area contributed by atoms with Crippen LogP contribution in [0.2, 0.25) is 5.02 Å². The Morgan fingerprint density at radius 1 is 1.53 bits per heavy atom. The summed E-state index contributed by atoms with van der Waals surface area (Å²) in [5.41, 5.74) is 7.73. The Morgan fingerprint density at radius 3 is 3.12 bits per heavy atom. The van der Waals surface area contributed by atoms with Crippen molar-refractivity contribution in [3.63, 3.8) is 0 Å². The van der Waals surface area contributed by atoms with Crippen LogP contribution in [-0.2, 0) is 11.2 Å². The van der Waals surface area contributed by atoms with E-state index in [2.05, 4.69) is 5.32 Å². The minimum Gasteiger partial charge on any atom is -0.349 e. The van der Waals surface area contributed by atoms with Crippen molar-refractivity contribution in [1.82, 2.24) is 5.32 Å². The second kappa shape index (κ2) is 5.52. The maximum Gasteiger partial charge on any atom is 0.220 e. The number of rotatable bonds is 4. The van der Waals surface area contributed by atoms with Crippen molar-refractivity contribution in [1.29, 1.82) is 0 Å². The number of fused-ring (bicyclic) bond motifs is 1. The van der Waals surface area contributed by atoms with Gasteiger partial charge in [-0.3, -0.25) is 4.79 Å². The van der Waals surface area contributed by atoms with Crippen molar-refractivity contribution in [3.05, 3.63) is 34.3 Å². The molecule has 0 spiro atoms. The zero-order valence-electron chi connectivity index (χ0n) is 9.71. The summed E-state index contributed by atoms with van der Waals surface area (Å²) in [6.07, 6.45) is 3.12. The molecule has 0 radical (unpaired) electrons. The SMILES string of the molecule is NCCCC(=O)NC1CCc2c(Cl)cccc21. The first kappa shape index (κ1) is 12.4. The van der Waals surface area contributed by atoms with Crippen molar-refractivity contribution in [2.45, 2.75) is 31.7 Å². The predicted octanol–water partition coefficient (Wildman–Crippen LogP) is 2.18. The number of benzene rings is 1. The minimum atomic E-state index is 0.0771. The molecule has 1 aromatic rings. The smallest absolute Gasteiger partial charge is 0.220 e. The number of hydrogen-bond donors (Lipinski definition) is 2. The molecule has 0 heterocycles. The van der Waals surface area contributed by atoms with Gasteiger partial charge in [0.1, 0.15) is 0 Å². The van der Waals surface area contributed by atoms with E-state index in [-0.39, 0.29) is 11.9 Å². The molecule has 0 saturated carbocycles. The highest BCUT2D eigenvalue weighted by atomic mass is 35.5. The molecule has 1 aromatic carbocycles. The molecule has 0 bridgehead atoms. The summed E-state index contributed by atoms with van der Waals surface area (Å²) in [5.74, 6) is 0.0771. The lowest BCUT2D eigenvalue weighted by Crippen LogP contribution is -2.27. The van der Waals surface area contributed by atoms with Gasteiger partial charge < -0.3 is 11.1 Å². The topological polar surface area (TPSA) is 55.1 Å². The van der Waals surface area contributed by atoms with Gasteiger partial charge in [0.15, 0.2) is 0 Å². The molecule has 0 fully saturated rings. The van der Waals surface area contributed by atoms with Gasteiger partial charge in [-0.05, 0) is 43.0 Å². The van der Waals surface area contributed by atoms with Gasteiger partial charge >= 0.3 is 0 Å². The normalized spacial score (nSPS) is 17.9. The van der Waals surface area contributed by atoms with Crippen LogP contribution in [0.15, 0.2) is 18.2 Å². The zero-order valence-corrected chi connectivity index (χ0v) is 10.5. The van der Waals surface area contributed by atoms with Crippen molar-refractivity contribution >= 4 is 17.5 Å². The molecule has 0 aliphatic heterocycles. The first-order valence-corrected chi connectivity index (χ1v) is 6.37. The molecule has 0 saturated heterocycles. The first-order chi connectivity index (χ1) is 8.22. The van der Waals surface area contributed by atoms with E-state index in [1.165, 1.54) is 11.1 Å². The standard InChI is InChI=1S/C13H17ClN2O/c14-11-4-1-3-10-9(11)6-7-12(10)16-13(17)5-2-8-15/h1,3-4,12H,2,5-8,15H2,(H,16,17). The average molecular weight is 253 g/mol. The van der Waals surface area contributed by atoms with Gasteiger partial charge in [0.25, 0.3) is 0 Å². The van der Waals surface area contributed by atoms with E-state index in [1.807, 2.05) is 18.2 Å². The zero-order chi connectivity index (χ0) is 12.3. The molecular formula is C13H17ClN2O. The monoisotopic (exact) mass is 252 g/mol. The van der Waals surface area contributed by atoms with E-state index in [4.69, 9.17) is 17.3 Å². The van der Waals surface area contributed by atoms with Crippen LogP contribution >= 0.6 is 11.6 Å². The number of carbonyl (C=O) groups is 1. The van der Waals surface area contributed by atoms with Crippen LogP contribution in [0.5, 0.6) is 0 Å². The molecule has 92 valence electrons. The number of nitrogens with one attached hydrogen (secondary N) is 1. The molecule has 4 heteroatoms. The van der Waals surface area contributed by atoms with E-state index < -0.39 is 0 Å². The van der Waals surface area contributed by atoms with E-state index in [0.717, 1.165) is 24.3 Å². The number of hydrogen-bond acceptors (Lipinski definition) is 2. The number of amides is 1. The third-order valence-corrected chi connectivity index (χ3v) is 3.51. The maximum absolute atomic E-state index is 11.7. The Labute approximate surface area is 106 Å². The summed E-state index contributed by atoms with van der Waals surface area (Å²) in [5, 5.41) is 3.85. The van der Waals surface area contributed by atoms with E-state index in [9.17, 15) is 4.79 Å². The van der Waals surface area contributed by atoms with Gasteiger partial charge in [0, 0.05) is 11.4 Å². The Kier molecular flexibility index (Phi) is 4.02. The average Bonchev–Trinajstić information content (AvgIpc) is 2.71. The molecule has 3 N–H and O–H groups in total. The Morgan fingerprint density at radius 2 is 2.35 bits per heavy atom. The molecule has 2 rings (SSSR count). The van der Waals surface area contributed by atoms with Crippen LogP contribution in [0.3, 0.4) is 0 Å². The maximum atomic E-state index is 11.7. The molecule has 1 aliphatic carbocycles. The van der Waals surface area contributed by atoms with Gasteiger partial charge in [-0.15, -0.1) is 0 Å². The van der Waals surface area contributed by atoms with E-state index >= 15 is 0 Å². The predicted molar refractivity (Wildman–Crippen MR) is 68.9 cm³/mol. The molecule has 1 unspecified atom stereocenters. The van der Waals surface area contributed by atoms with Gasteiger partial charge in [-0.2, -0.15) is 0 Å². The number of nitrogens with two attached hydrogens (primary N) is 1. The summed E-state index contributed by atoms with van der Waals surface area (Å²) in [6.45, 7) is 0.556. The summed E-state index contributed by atoms with van der Waals surface area (Å²) >= 11 is 6.13. The molecule has 0 aromatic heterocycles. The fourth-order valence-electron chi connectivity index (χ4n) is 2.29. The summed E-state index contributed by atoms with van der Waals surface area (Å²) in [4.78, 5) is 11.7. The summed E-state index contributed by atoms with van der Waals surface area (Å²) < 4.78 is 0. The van der Waals surface area contributed by atoms with Gasteiger partial charge in [0.05, 0.1) is 6.04 Å². The molecule has 1 amide bonds. The minimum absolute atomic E-state index is 0.0771. The highest BCUT2D eigenvalue weighted by Crippen LogP contribution is 2.35. The lowest BCUT2D eigenvalue weighted by atomic mass is 10.1. The van der Waals surface area contributed by atoms with Crippen LogP contribution in [-0.4, -0.2) is 12.5 Å². The largest absolute Gasteiger partial charge is 0.349 e. The Hall–Kier alpha value is -1.06. The van der Waals surface area contributed by atoms with Gasteiger partial charge in [-0.25, -0.2) is 0 Å². The first-order valence-electron chi connectivity index (χ1n) is 5.99. The highest BCUT2D eigenvalue weighted by Gasteiger charge is 2.24. The fourth-order valence-corrected chi connectivity index (χ4v) is 2.57. The van der Waals surface area contributed by atoms with Crippen LogP contribution in [0, 0.1) is 0 Å². The fraction of sp³-hybridized carbons (Fsp3) is 0.462. The van der Waals surface area contributed by atoms with E-state index in [1.54, 1.807) is 0 Å². The van der Waals surface area contributed by atoms with Crippen molar-refractivity contribution in [2.75, 3.05) is 6.54 Å². The quantitative estimate of drug-likeness (QED) is 0.863. The van der Waals surface area contributed by atoms with Crippen LogP contribution < -0.4 is 11.1 Å². The van der Waals surface area contributed by atoms with Crippen molar-refractivity contribution < 1.29 is 4.79 Å². The van der Waals surface area contributed by atoms with Crippen molar-refractivity contribution in [2.24, 2.45) is 5.73 Å². The van der Waals surface area contributed by atoms with Crippen molar-refractivity contribution in [3.8, 4) is 0 Å². The number of halogens is 1. The van der Waals surface area contributed by atoms with E-state index in [0.29, 0.717) is 13.0 Å². The van der Waals surface area contributed by atoms with Crippen LogP contribution in [0.1, 0.15) is 36.4 Å². The summed E-state index contributed by atoms with van der Waals surface area (Å²) in [6, 6.07) is 6.00. The highest BCUT2D eigenvalue weighted by molar-refractivity contribution is 6.31. The van der Waals surface area contributed by atoms with Gasteiger partial charge in [0.2, 0.25) is 5.91 Å². The molecule has 17 heavy (non-hydrogen) atoms. The molecule has 3 nitrogen and oxygen atoms in total. The lowest BCUT2D eigenvalue weighted by Gasteiger charge is -2.14. The molecule has 1 atom stereocenters. The Balaban J connectivity index is 2.02. The lowest BCUT2D eigenvalue weighted by molar-refractivity contribution is -0.121. The van der Waals surface area contributed by atoms with Gasteiger partial charge in [-0.1, -0.05) is 23.7 Å². The van der Waals surface area contributed by atoms with Crippen LogP contribution in [0.4, 0.5) is 0 Å². The summed E-state index contributed by atoms with van der Waals surface area (Å²) in [7, 11) is 0. The third-order valence-electron chi connectivity index (χ3n) is 3.16. The molecule has 1 aliphatic rings.